The Morgan fingerprint density at radius 1 is 1.07 bits per heavy atom. The molecule has 1 aliphatic rings. The van der Waals surface area contributed by atoms with E-state index < -0.39 is 4.92 Å². The minimum atomic E-state index is -0.446. The smallest absolute Gasteiger partial charge is 0.270 e. The fourth-order valence-corrected chi connectivity index (χ4v) is 3.56. The topological polar surface area (TPSA) is 76.7 Å². The van der Waals surface area contributed by atoms with Crippen LogP contribution in [0.3, 0.4) is 0 Å². The average Bonchev–Trinajstić information content (AvgIpc) is 2.72. The van der Waals surface area contributed by atoms with E-state index in [9.17, 15) is 14.9 Å². The third-order valence-corrected chi connectivity index (χ3v) is 5.08. The Bertz CT molecular complexity index is 858. The number of hydrogen-bond acceptors (Lipinski definition) is 3. The van der Waals surface area contributed by atoms with Gasteiger partial charge in [-0.05, 0) is 36.5 Å². The number of nitro benzene ring substituents is 1. The Morgan fingerprint density at radius 2 is 1.82 bits per heavy atom. The van der Waals surface area contributed by atoms with Gasteiger partial charge in [0.1, 0.15) is 6.54 Å². The number of likely N-dealkylation sites (tertiary alicyclic amines) is 1. The lowest BCUT2D eigenvalue weighted by Crippen LogP contribution is -3.11. The molecular formula is C22H26N3O3+. The van der Waals surface area contributed by atoms with Crippen molar-refractivity contribution in [2.45, 2.75) is 32.4 Å². The van der Waals surface area contributed by atoms with Crippen molar-refractivity contribution in [3.05, 3.63) is 81.4 Å². The van der Waals surface area contributed by atoms with E-state index in [0.29, 0.717) is 12.1 Å². The number of benzene rings is 2. The van der Waals surface area contributed by atoms with Crippen molar-refractivity contribution in [2.75, 3.05) is 13.1 Å². The SMILES string of the molecule is O=C(/C=C/c1cccc([N+](=O)[O-])c1)NCc1ccccc1C[NH+]1CCCCC1. The summed E-state index contributed by atoms with van der Waals surface area (Å²) in [5, 5.41) is 13.7. The third-order valence-electron chi connectivity index (χ3n) is 5.08. The molecule has 0 aliphatic carbocycles. The molecule has 0 saturated carbocycles. The molecule has 1 fully saturated rings. The highest BCUT2D eigenvalue weighted by Crippen LogP contribution is 2.14. The summed E-state index contributed by atoms with van der Waals surface area (Å²) in [7, 11) is 0. The molecule has 28 heavy (non-hydrogen) atoms. The van der Waals surface area contributed by atoms with Crippen LogP contribution in [0, 0.1) is 10.1 Å². The van der Waals surface area contributed by atoms with Crippen LogP contribution in [0.15, 0.2) is 54.6 Å². The van der Waals surface area contributed by atoms with Gasteiger partial charge in [-0.25, -0.2) is 0 Å². The molecular weight excluding hydrogens is 354 g/mol. The Kier molecular flexibility index (Phi) is 6.92. The predicted octanol–water partition coefficient (Wildman–Crippen LogP) is 2.49. The van der Waals surface area contributed by atoms with E-state index in [2.05, 4.69) is 17.4 Å². The first-order chi connectivity index (χ1) is 13.6. The third kappa shape index (κ3) is 5.76. The molecule has 0 radical (unpaired) electrons. The molecule has 6 heteroatoms. The van der Waals surface area contributed by atoms with Gasteiger partial charge in [0.25, 0.3) is 5.69 Å². The van der Waals surface area contributed by atoms with Crippen molar-refractivity contribution < 1.29 is 14.6 Å². The van der Waals surface area contributed by atoms with Gasteiger partial charge < -0.3 is 10.2 Å². The fourth-order valence-electron chi connectivity index (χ4n) is 3.56. The molecule has 2 N–H and O–H groups in total. The Labute approximate surface area is 165 Å². The number of nitro groups is 1. The molecule has 2 aromatic carbocycles. The summed E-state index contributed by atoms with van der Waals surface area (Å²) in [5.41, 5.74) is 3.05. The van der Waals surface area contributed by atoms with Crippen LogP contribution in [-0.4, -0.2) is 23.9 Å². The van der Waals surface area contributed by atoms with Crippen molar-refractivity contribution in [3.8, 4) is 0 Å². The number of amides is 1. The van der Waals surface area contributed by atoms with Crippen molar-refractivity contribution >= 4 is 17.7 Å². The number of carbonyl (C=O) groups excluding carboxylic acids is 1. The van der Waals surface area contributed by atoms with Gasteiger partial charge in [-0.1, -0.05) is 36.4 Å². The zero-order chi connectivity index (χ0) is 19.8. The lowest BCUT2D eigenvalue weighted by atomic mass is 10.0. The van der Waals surface area contributed by atoms with Gasteiger partial charge in [-0.3, -0.25) is 14.9 Å². The van der Waals surface area contributed by atoms with Crippen LogP contribution < -0.4 is 10.2 Å². The number of hydrogen-bond donors (Lipinski definition) is 2. The molecule has 2 aromatic rings. The van der Waals surface area contributed by atoms with E-state index in [1.807, 2.05) is 12.1 Å². The van der Waals surface area contributed by atoms with Gasteiger partial charge in [0, 0.05) is 30.3 Å². The summed E-state index contributed by atoms with van der Waals surface area (Å²) in [6, 6.07) is 14.5. The first kappa shape index (κ1) is 19.8. The summed E-state index contributed by atoms with van der Waals surface area (Å²) in [6.45, 7) is 3.90. The van der Waals surface area contributed by atoms with Crippen LogP contribution >= 0.6 is 0 Å². The molecule has 0 bridgehead atoms. The summed E-state index contributed by atoms with van der Waals surface area (Å²) < 4.78 is 0. The maximum atomic E-state index is 12.2. The van der Waals surface area contributed by atoms with Crippen LogP contribution in [0.1, 0.15) is 36.0 Å². The monoisotopic (exact) mass is 380 g/mol. The molecule has 1 aliphatic heterocycles. The van der Waals surface area contributed by atoms with E-state index in [4.69, 9.17) is 0 Å². The standard InChI is InChI=1S/C22H25N3O3/c26-22(12-11-18-7-6-10-21(15-18)25(27)28)23-16-19-8-2-3-9-20(19)17-24-13-4-1-5-14-24/h2-3,6-12,15H,1,4-5,13-14,16-17H2,(H,23,26)/p+1/b12-11+. The lowest BCUT2D eigenvalue weighted by Gasteiger charge is -2.24. The molecule has 6 nitrogen and oxygen atoms in total. The molecule has 0 aromatic heterocycles. The highest BCUT2D eigenvalue weighted by Gasteiger charge is 2.15. The minimum Gasteiger partial charge on any atom is -0.348 e. The minimum absolute atomic E-state index is 0.0108. The molecule has 146 valence electrons. The van der Waals surface area contributed by atoms with Gasteiger partial charge in [0.15, 0.2) is 0 Å². The number of nitrogens with one attached hydrogen (secondary N) is 2. The Hall–Kier alpha value is -2.99. The molecule has 1 amide bonds. The number of piperidine rings is 1. The largest absolute Gasteiger partial charge is 0.348 e. The molecule has 1 heterocycles. The second-order valence-electron chi connectivity index (χ2n) is 7.16. The molecule has 0 spiro atoms. The maximum absolute atomic E-state index is 12.2. The Balaban J connectivity index is 1.57. The first-order valence-corrected chi connectivity index (χ1v) is 9.72. The van der Waals surface area contributed by atoms with E-state index >= 15 is 0 Å². The summed E-state index contributed by atoms with van der Waals surface area (Å²) in [6.07, 6.45) is 6.91. The van der Waals surface area contributed by atoms with E-state index in [1.54, 1.807) is 23.1 Å². The number of carbonyl (C=O) groups is 1. The first-order valence-electron chi connectivity index (χ1n) is 9.72. The normalized spacial score (nSPS) is 14.9. The maximum Gasteiger partial charge on any atom is 0.270 e. The van der Waals surface area contributed by atoms with E-state index in [0.717, 1.165) is 12.1 Å². The van der Waals surface area contributed by atoms with E-state index in [-0.39, 0.29) is 11.6 Å². The van der Waals surface area contributed by atoms with Crippen molar-refractivity contribution in [3.63, 3.8) is 0 Å². The van der Waals surface area contributed by atoms with Gasteiger partial charge in [-0.15, -0.1) is 0 Å². The quantitative estimate of drug-likeness (QED) is 0.440. The summed E-state index contributed by atoms with van der Waals surface area (Å²) >= 11 is 0. The van der Waals surface area contributed by atoms with Crippen molar-refractivity contribution in [1.82, 2.24) is 5.32 Å². The molecule has 1 saturated heterocycles. The highest BCUT2D eigenvalue weighted by molar-refractivity contribution is 5.91. The van der Waals surface area contributed by atoms with Gasteiger partial charge in [0.05, 0.1) is 18.0 Å². The lowest BCUT2D eigenvalue weighted by molar-refractivity contribution is -0.918. The van der Waals surface area contributed by atoms with Gasteiger partial charge in [-0.2, -0.15) is 0 Å². The van der Waals surface area contributed by atoms with Crippen LogP contribution in [-0.2, 0) is 17.9 Å². The summed E-state index contributed by atoms with van der Waals surface area (Å²) in [5.74, 6) is -0.216. The van der Waals surface area contributed by atoms with Crippen LogP contribution in [0.5, 0.6) is 0 Å². The predicted molar refractivity (Wildman–Crippen MR) is 109 cm³/mol. The Morgan fingerprint density at radius 3 is 2.57 bits per heavy atom. The molecule has 3 rings (SSSR count). The highest BCUT2D eigenvalue weighted by atomic mass is 16.6. The zero-order valence-corrected chi connectivity index (χ0v) is 15.9. The van der Waals surface area contributed by atoms with Crippen molar-refractivity contribution in [1.29, 1.82) is 0 Å². The second kappa shape index (κ2) is 9.80. The number of non-ortho nitro benzene ring substituents is 1. The van der Waals surface area contributed by atoms with E-state index in [1.165, 1.54) is 56.1 Å². The fraction of sp³-hybridized carbons (Fsp3) is 0.318. The zero-order valence-electron chi connectivity index (χ0n) is 15.9. The summed E-state index contributed by atoms with van der Waals surface area (Å²) in [4.78, 5) is 24.2. The van der Waals surface area contributed by atoms with Crippen LogP contribution in [0.2, 0.25) is 0 Å². The number of rotatable bonds is 7. The molecule has 0 unspecified atom stereocenters. The van der Waals surface area contributed by atoms with Gasteiger partial charge in [0.2, 0.25) is 5.91 Å². The van der Waals surface area contributed by atoms with Crippen LogP contribution in [0.4, 0.5) is 5.69 Å². The average molecular weight is 380 g/mol. The van der Waals surface area contributed by atoms with Gasteiger partial charge >= 0.3 is 0 Å². The molecule has 0 atom stereocenters. The number of nitrogens with zero attached hydrogens (tertiary/aromatic N) is 1. The van der Waals surface area contributed by atoms with Crippen LogP contribution in [0.25, 0.3) is 6.08 Å². The second-order valence-corrected chi connectivity index (χ2v) is 7.16. The van der Waals surface area contributed by atoms with Crippen molar-refractivity contribution in [2.24, 2.45) is 0 Å². The number of quaternary nitrogens is 1.